The molecule has 0 aromatic carbocycles. The lowest BCUT2D eigenvalue weighted by atomic mass is 9.70. The van der Waals surface area contributed by atoms with Crippen LogP contribution in [0.2, 0.25) is 0 Å². The maximum atomic E-state index is 6.68. The van der Waals surface area contributed by atoms with Gasteiger partial charge in [-0.15, -0.1) is 0 Å². The molecule has 3 aliphatic rings. The van der Waals surface area contributed by atoms with E-state index in [-0.39, 0.29) is 5.60 Å². The second-order valence-electron chi connectivity index (χ2n) is 7.65. The van der Waals surface area contributed by atoms with Crippen molar-refractivity contribution in [1.82, 2.24) is 0 Å². The van der Waals surface area contributed by atoms with E-state index in [1.165, 1.54) is 19.3 Å². The summed E-state index contributed by atoms with van der Waals surface area (Å²) in [6, 6.07) is 0.346. The molecule has 3 heteroatoms. The van der Waals surface area contributed by atoms with Crippen LogP contribution in [-0.4, -0.2) is 31.5 Å². The van der Waals surface area contributed by atoms with E-state index >= 15 is 0 Å². The van der Waals surface area contributed by atoms with Crippen molar-refractivity contribution in [3.05, 3.63) is 0 Å². The van der Waals surface area contributed by atoms with Crippen LogP contribution in [0.25, 0.3) is 0 Å². The van der Waals surface area contributed by atoms with Crippen LogP contribution in [0, 0.1) is 17.3 Å². The molecule has 2 N–H and O–H groups in total. The molecule has 3 rings (SSSR count). The van der Waals surface area contributed by atoms with Crippen LogP contribution in [0.5, 0.6) is 0 Å². The van der Waals surface area contributed by atoms with E-state index in [2.05, 4.69) is 13.8 Å². The van der Waals surface area contributed by atoms with E-state index in [0.29, 0.717) is 23.3 Å². The van der Waals surface area contributed by atoms with E-state index in [0.717, 1.165) is 39.1 Å². The third-order valence-corrected chi connectivity index (χ3v) is 5.95. The van der Waals surface area contributed by atoms with Gasteiger partial charge in [0, 0.05) is 25.7 Å². The Hall–Kier alpha value is -0.120. The first kappa shape index (κ1) is 13.8. The maximum absolute atomic E-state index is 6.68. The summed E-state index contributed by atoms with van der Waals surface area (Å²) in [6.45, 7) is 7.31. The van der Waals surface area contributed by atoms with Crippen molar-refractivity contribution < 1.29 is 9.47 Å². The van der Waals surface area contributed by atoms with Gasteiger partial charge in [-0.25, -0.2) is 0 Å². The molecule has 2 saturated heterocycles. The predicted molar refractivity (Wildman–Crippen MR) is 75.9 cm³/mol. The van der Waals surface area contributed by atoms with Crippen LogP contribution < -0.4 is 5.73 Å². The molecule has 0 aromatic heterocycles. The first-order valence-corrected chi connectivity index (χ1v) is 8.00. The van der Waals surface area contributed by atoms with E-state index < -0.39 is 0 Å². The minimum Gasteiger partial charge on any atom is -0.378 e. The monoisotopic (exact) mass is 267 g/mol. The summed E-state index contributed by atoms with van der Waals surface area (Å²) < 4.78 is 11.6. The molecule has 0 radical (unpaired) electrons. The predicted octanol–water partition coefficient (Wildman–Crippen LogP) is 2.73. The van der Waals surface area contributed by atoms with Crippen LogP contribution in [-0.2, 0) is 9.47 Å². The number of nitrogens with two attached hydrogens (primary N) is 1. The van der Waals surface area contributed by atoms with Crippen LogP contribution >= 0.6 is 0 Å². The number of rotatable bonds is 2. The largest absolute Gasteiger partial charge is 0.378 e. The lowest BCUT2D eigenvalue weighted by Gasteiger charge is -2.43. The van der Waals surface area contributed by atoms with Gasteiger partial charge < -0.3 is 15.2 Å². The molecule has 19 heavy (non-hydrogen) atoms. The third kappa shape index (κ3) is 2.57. The molecular formula is C16H29NO2. The number of hydrogen-bond donors (Lipinski definition) is 1. The smallest absolute Gasteiger partial charge is 0.0939 e. The van der Waals surface area contributed by atoms with Gasteiger partial charge in [0.25, 0.3) is 0 Å². The topological polar surface area (TPSA) is 44.5 Å². The van der Waals surface area contributed by atoms with Crippen LogP contribution in [0.4, 0.5) is 0 Å². The zero-order chi connectivity index (χ0) is 13.5. The fourth-order valence-corrected chi connectivity index (χ4v) is 4.65. The summed E-state index contributed by atoms with van der Waals surface area (Å²) in [6.07, 6.45) is 7.31. The standard InChI is InChI=1S/C16H29NO2/c1-15(2)6-3-4-13(15)14(17)12-5-8-19-16(10-12)7-9-18-11-16/h12-14H,3-11,17H2,1-2H3. The number of ether oxygens (including phenoxy) is 2. The first-order valence-electron chi connectivity index (χ1n) is 8.00. The van der Waals surface area contributed by atoms with E-state index in [9.17, 15) is 0 Å². The van der Waals surface area contributed by atoms with Crippen LogP contribution in [0.15, 0.2) is 0 Å². The molecular weight excluding hydrogens is 238 g/mol. The SMILES string of the molecule is CC1(C)CCCC1C(N)C1CCOC2(CCOC2)C1. The summed E-state index contributed by atoms with van der Waals surface area (Å²) in [5, 5.41) is 0. The molecule has 1 spiro atoms. The minimum absolute atomic E-state index is 0.00326. The van der Waals surface area contributed by atoms with Gasteiger partial charge >= 0.3 is 0 Å². The average Bonchev–Trinajstić information content (AvgIpc) is 2.95. The molecule has 1 saturated carbocycles. The Morgan fingerprint density at radius 3 is 2.63 bits per heavy atom. The van der Waals surface area contributed by atoms with Gasteiger partial charge in [0.1, 0.15) is 0 Å². The molecule has 4 atom stereocenters. The highest BCUT2D eigenvalue weighted by Crippen LogP contribution is 2.47. The third-order valence-electron chi connectivity index (χ3n) is 5.95. The van der Waals surface area contributed by atoms with E-state index in [1.807, 2.05) is 0 Å². The summed E-state index contributed by atoms with van der Waals surface area (Å²) >= 11 is 0. The van der Waals surface area contributed by atoms with Crippen LogP contribution in [0.3, 0.4) is 0 Å². The molecule has 0 amide bonds. The summed E-state index contributed by atoms with van der Waals surface area (Å²) in [5.41, 5.74) is 7.11. The van der Waals surface area contributed by atoms with Crippen molar-refractivity contribution in [3.8, 4) is 0 Å². The highest BCUT2D eigenvalue weighted by molar-refractivity contribution is 4.98. The summed E-state index contributed by atoms with van der Waals surface area (Å²) in [4.78, 5) is 0. The van der Waals surface area contributed by atoms with Gasteiger partial charge in [0.15, 0.2) is 0 Å². The molecule has 2 heterocycles. The maximum Gasteiger partial charge on any atom is 0.0939 e. The van der Waals surface area contributed by atoms with E-state index in [1.54, 1.807) is 0 Å². The summed E-state index contributed by atoms with van der Waals surface area (Å²) in [7, 11) is 0. The molecule has 3 nitrogen and oxygen atoms in total. The van der Waals surface area contributed by atoms with Gasteiger partial charge in [-0.3, -0.25) is 0 Å². The molecule has 110 valence electrons. The zero-order valence-electron chi connectivity index (χ0n) is 12.5. The quantitative estimate of drug-likeness (QED) is 0.836. The lowest BCUT2D eigenvalue weighted by Crippen LogP contribution is -2.49. The van der Waals surface area contributed by atoms with Gasteiger partial charge in [-0.1, -0.05) is 20.3 Å². The summed E-state index contributed by atoms with van der Waals surface area (Å²) in [5.74, 6) is 1.31. The molecule has 0 bridgehead atoms. The Labute approximate surface area is 117 Å². The average molecular weight is 267 g/mol. The highest BCUT2D eigenvalue weighted by atomic mass is 16.6. The molecule has 4 unspecified atom stereocenters. The van der Waals surface area contributed by atoms with Crippen molar-refractivity contribution in [2.45, 2.75) is 64.0 Å². The highest BCUT2D eigenvalue weighted by Gasteiger charge is 2.46. The Kier molecular flexibility index (Phi) is 3.65. The second-order valence-corrected chi connectivity index (χ2v) is 7.65. The minimum atomic E-state index is 0.00326. The second kappa shape index (κ2) is 5.01. The van der Waals surface area contributed by atoms with E-state index in [4.69, 9.17) is 15.2 Å². The van der Waals surface area contributed by atoms with Crippen LogP contribution in [0.1, 0.15) is 52.4 Å². The molecule has 0 aromatic rings. The van der Waals surface area contributed by atoms with Gasteiger partial charge in [0.05, 0.1) is 12.2 Å². The Morgan fingerprint density at radius 2 is 2.00 bits per heavy atom. The van der Waals surface area contributed by atoms with Gasteiger partial charge in [-0.2, -0.15) is 0 Å². The van der Waals surface area contributed by atoms with Gasteiger partial charge in [-0.05, 0) is 42.9 Å². The normalized spacial score (nSPS) is 43.7. The Bertz CT molecular complexity index is 323. The van der Waals surface area contributed by atoms with Gasteiger partial charge in [0.2, 0.25) is 0 Å². The fraction of sp³-hybridized carbons (Fsp3) is 1.00. The van der Waals surface area contributed by atoms with Crippen molar-refractivity contribution >= 4 is 0 Å². The Balaban J connectivity index is 1.68. The molecule has 2 aliphatic heterocycles. The molecule has 1 aliphatic carbocycles. The van der Waals surface area contributed by atoms with Crippen molar-refractivity contribution in [2.24, 2.45) is 23.0 Å². The van der Waals surface area contributed by atoms with Crippen molar-refractivity contribution in [3.63, 3.8) is 0 Å². The number of hydrogen-bond acceptors (Lipinski definition) is 3. The zero-order valence-corrected chi connectivity index (χ0v) is 12.5. The van der Waals surface area contributed by atoms with Crippen molar-refractivity contribution in [1.29, 1.82) is 0 Å². The van der Waals surface area contributed by atoms with Crippen molar-refractivity contribution in [2.75, 3.05) is 19.8 Å². The fourth-order valence-electron chi connectivity index (χ4n) is 4.65. The first-order chi connectivity index (χ1) is 9.03. The molecule has 3 fully saturated rings. The Morgan fingerprint density at radius 1 is 1.16 bits per heavy atom. The lowest BCUT2D eigenvalue weighted by molar-refractivity contribution is -0.105.